The molecule has 1 fully saturated rings. The maximum absolute atomic E-state index is 12.4. The average Bonchev–Trinajstić information content (AvgIpc) is 2.58. The zero-order valence-electron chi connectivity index (χ0n) is 14.9. The Bertz CT molecular complexity index is 696. The van der Waals surface area contributed by atoms with E-state index in [4.69, 9.17) is 5.73 Å². The van der Waals surface area contributed by atoms with Crippen LogP contribution in [0.2, 0.25) is 0 Å². The summed E-state index contributed by atoms with van der Waals surface area (Å²) in [5.74, 6) is -0.0315. The van der Waals surface area contributed by atoms with Crippen molar-refractivity contribution >= 4 is 36.4 Å². The van der Waals surface area contributed by atoms with Gasteiger partial charge < -0.3 is 11.1 Å². The summed E-state index contributed by atoms with van der Waals surface area (Å²) in [6.07, 6.45) is 1.95. The van der Waals surface area contributed by atoms with Gasteiger partial charge in [0.2, 0.25) is 0 Å². The van der Waals surface area contributed by atoms with Crippen molar-refractivity contribution in [3.63, 3.8) is 0 Å². The first kappa shape index (κ1) is 22.3. The van der Waals surface area contributed by atoms with Crippen molar-refractivity contribution in [1.29, 1.82) is 0 Å². The summed E-state index contributed by atoms with van der Waals surface area (Å²) < 4.78 is 0. The van der Waals surface area contributed by atoms with Crippen LogP contribution in [-0.2, 0) is 6.54 Å². The van der Waals surface area contributed by atoms with Crippen LogP contribution in [0.3, 0.4) is 0 Å². The molecular formula is C20H27Cl2N3O. The van der Waals surface area contributed by atoms with Gasteiger partial charge in [0.1, 0.15) is 0 Å². The number of nitrogens with zero attached hydrogens (tertiary/aromatic N) is 1. The number of benzene rings is 2. The van der Waals surface area contributed by atoms with Crippen LogP contribution >= 0.6 is 24.8 Å². The molecule has 2 aromatic carbocycles. The first-order valence-electron chi connectivity index (χ1n) is 8.56. The van der Waals surface area contributed by atoms with Gasteiger partial charge in [-0.1, -0.05) is 36.4 Å². The third-order valence-corrected chi connectivity index (χ3v) is 4.73. The molecule has 26 heavy (non-hydrogen) atoms. The molecule has 1 amide bonds. The number of halogens is 2. The van der Waals surface area contributed by atoms with Crippen LogP contribution in [-0.4, -0.2) is 29.4 Å². The molecule has 1 aliphatic rings. The Labute approximate surface area is 168 Å². The van der Waals surface area contributed by atoms with Crippen molar-refractivity contribution in [2.45, 2.75) is 38.4 Å². The summed E-state index contributed by atoms with van der Waals surface area (Å²) in [6, 6.07) is 18.4. The predicted octanol–water partition coefficient (Wildman–Crippen LogP) is 3.90. The van der Waals surface area contributed by atoms with Crippen LogP contribution in [0.4, 0.5) is 5.69 Å². The summed E-state index contributed by atoms with van der Waals surface area (Å²) in [4.78, 5) is 14.8. The number of likely N-dealkylation sites (tertiary alicyclic amines) is 1. The summed E-state index contributed by atoms with van der Waals surface area (Å²) in [7, 11) is 0. The number of piperidine rings is 1. The average molecular weight is 396 g/mol. The zero-order chi connectivity index (χ0) is 16.9. The Hall–Kier alpha value is -1.75. The van der Waals surface area contributed by atoms with Crippen LogP contribution < -0.4 is 11.1 Å². The van der Waals surface area contributed by atoms with Gasteiger partial charge in [0, 0.05) is 36.4 Å². The van der Waals surface area contributed by atoms with Gasteiger partial charge in [-0.05, 0) is 43.5 Å². The molecule has 0 aromatic heterocycles. The number of carbonyl (C=O) groups is 1. The molecule has 0 aliphatic carbocycles. The standard InChI is InChI=1S/C20H25N3O.2ClH/c1-15-12-19(22-20(24)17-8-5-9-18(21)13-17)10-11-23(15)14-16-6-3-2-4-7-16;;/h2-9,13,15,19H,10-12,14,21H2,1H3,(H,22,24);2*1H. The van der Waals surface area contributed by atoms with Crippen molar-refractivity contribution in [3.8, 4) is 0 Å². The largest absolute Gasteiger partial charge is 0.399 e. The number of amides is 1. The third-order valence-electron chi connectivity index (χ3n) is 4.73. The maximum atomic E-state index is 12.4. The molecule has 3 N–H and O–H groups in total. The van der Waals surface area contributed by atoms with E-state index in [0.29, 0.717) is 17.3 Å². The zero-order valence-corrected chi connectivity index (χ0v) is 16.6. The molecule has 2 unspecified atom stereocenters. The predicted molar refractivity (Wildman–Crippen MR) is 112 cm³/mol. The maximum Gasteiger partial charge on any atom is 0.251 e. The third kappa shape index (κ3) is 5.90. The second kappa shape index (κ2) is 10.4. The summed E-state index contributed by atoms with van der Waals surface area (Å²) in [5.41, 5.74) is 8.35. The number of rotatable bonds is 4. The van der Waals surface area contributed by atoms with Crippen molar-refractivity contribution < 1.29 is 4.79 Å². The molecular weight excluding hydrogens is 369 g/mol. The Morgan fingerprint density at radius 3 is 2.54 bits per heavy atom. The number of nitrogens with one attached hydrogen (secondary N) is 1. The molecule has 2 aromatic rings. The van der Waals surface area contributed by atoms with Crippen LogP contribution in [0.15, 0.2) is 54.6 Å². The SMILES string of the molecule is CC1CC(NC(=O)c2cccc(N)c2)CCN1Cc1ccccc1.Cl.Cl. The summed E-state index contributed by atoms with van der Waals surface area (Å²) in [6.45, 7) is 4.21. The van der Waals surface area contributed by atoms with E-state index < -0.39 is 0 Å². The molecule has 4 nitrogen and oxygen atoms in total. The van der Waals surface area contributed by atoms with E-state index in [1.165, 1.54) is 5.56 Å². The van der Waals surface area contributed by atoms with Crippen molar-refractivity contribution in [1.82, 2.24) is 10.2 Å². The Kier molecular flexibility index (Phi) is 8.93. The molecule has 0 spiro atoms. The van der Waals surface area contributed by atoms with Gasteiger partial charge in [0.15, 0.2) is 0 Å². The molecule has 1 heterocycles. The number of hydrogen-bond acceptors (Lipinski definition) is 3. The lowest BCUT2D eigenvalue weighted by Gasteiger charge is -2.38. The van der Waals surface area contributed by atoms with E-state index in [9.17, 15) is 4.79 Å². The Morgan fingerprint density at radius 2 is 1.88 bits per heavy atom. The van der Waals surface area contributed by atoms with Crippen molar-refractivity contribution in [2.75, 3.05) is 12.3 Å². The lowest BCUT2D eigenvalue weighted by atomic mass is 9.97. The number of nitrogen functional groups attached to an aromatic ring is 1. The van der Waals surface area contributed by atoms with Gasteiger partial charge >= 0.3 is 0 Å². The fourth-order valence-electron chi connectivity index (χ4n) is 3.35. The second-order valence-corrected chi connectivity index (χ2v) is 6.63. The molecule has 3 rings (SSSR count). The molecule has 1 aliphatic heterocycles. The van der Waals surface area contributed by atoms with E-state index in [0.717, 1.165) is 25.9 Å². The lowest BCUT2D eigenvalue weighted by Crippen LogP contribution is -2.48. The highest BCUT2D eigenvalue weighted by molar-refractivity contribution is 5.95. The fraction of sp³-hybridized carbons (Fsp3) is 0.350. The Balaban J connectivity index is 0.00000169. The van der Waals surface area contributed by atoms with Gasteiger partial charge in [-0.25, -0.2) is 0 Å². The lowest BCUT2D eigenvalue weighted by molar-refractivity contribution is 0.0866. The molecule has 1 saturated heterocycles. The minimum Gasteiger partial charge on any atom is -0.399 e. The number of carbonyl (C=O) groups excluding carboxylic acids is 1. The molecule has 2 atom stereocenters. The molecule has 6 heteroatoms. The van der Waals surface area contributed by atoms with Gasteiger partial charge in [-0.2, -0.15) is 0 Å². The molecule has 0 radical (unpaired) electrons. The van der Waals surface area contributed by atoms with Gasteiger partial charge in [0.05, 0.1) is 0 Å². The smallest absolute Gasteiger partial charge is 0.251 e. The number of hydrogen-bond donors (Lipinski definition) is 2. The number of anilines is 1. The van der Waals surface area contributed by atoms with Gasteiger partial charge in [-0.3, -0.25) is 9.69 Å². The highest BCUT2D eigenvalue weighted by Gasteiger charge is 2.26. The minimum atomic E-state index is -0.0315. The fourth-order valence-corrected chi connectivity index (χ4v) is 3.35. The molecule has 142 valence electrons. The molecule has 0 bridgehead atoms. The first-order valence-corrected chi connectivity index (χ1v) is 8.56. The topological polar surface area (TPSA) is 58.4 Å². The van der Waals surface area contributed by atoms with E-state index in [2.05, 4.69) is 41.4 Å². The second-order valence-electron chi connectivity index (χ2n) is 6.63. The van der Waals surface area contributed by atoms with Crippen LogP contribution in [0.25, 0.3) is 0 Å². The minimum absolute atomic E-state index is 0. The normalized spacial score (nSPS) is 19.7. The Morgan fingerprint density at radius 1 is 1.15 bits per heavy atom. The van der Waals surface area contributed by atoms with Gasteiger partial charge in [-0.15, -0.1) is 24.8 Å². The van der Waals surface area contributed by atoms with Crippen LogP contribution in [0.5, 0.6) is 0 Å². The van der Waals surface area contributed by atoms with Crippen molar-refractivity contribution in [2.24, 2.45) is 0 Å². The van der Waals surface area contributed by atoms with E-state index in [1.807, 2.05) is 12.1 Å². The quantitative estimate of drug-likeness (QED) is 0.771. The van der Waals surface area contributed by atoms with Crippen molar-refractivity contribution in [3.05, 3.63) is 65.7 Å². The highest BCUT2D eigenvalue weighted by atomic mass is 35.5. The van der Waals surface area contributed by atoms with Crippen LogP contribution in [0.1, 0.15) is 35.7 Å². The van der Waals surface area contributed by atoms with Crippen LogP contribution in [0, 0.1) is 0 Å². The van der Waals surface area contributed by atoms with E-state index in [1.54, 1.807) is 18.2 Å². The van der Waals surface area contributed by atoms with E-state index in [-0.39, 0.29) is 36.8 Å². The van der Waals surface area contributed by atoms with Gasteiger partial charge in [0.25, 0.3) is 5.91 Å². The van der Waals surface area contributed by atoms with E-state index >= 15 is 0 Å². The monoisotopic (exact) mass is 395 g/mol. The number of nitrogens with two attached hydrogens (primary N) is 1. The summed E-state index contributed by atoms with van der Waals surface area (Å²) in [5, 5.41) is 3.16. The molecule has 0 saturated carbocycles. The highest BCUT2D eigenvalue weighted by Crippen LogP contribution is 2.20. The first-order chi connectivity index (χ1) is 11.6. The summed E-state index contributed by atoms with van der Waals surface area (Å²) >= 11 is 0.